The van der Waals surface area contributed by atoms with Crippen LogP contribution < -0.4 is 0 Å². The molecule has 6 heteroatoms. The largest absolute Gasteiger partial charge is 0.338 e. The number of nitro groups is 1. The summed E-state index contributed by atoms with van der Waals surface area (Å²) in [5.74, 6) is -0.783. The van der Waals surface area contributed by atoms with Gasteiger partial charge in [-0.2, -0.15) is 0 Å². The van der Waals surface area contributed by atoms with Crippen LogP contribution >= 0.6 is 0 Å². The number of carbonyl (C=O) groups excluding carboxylic acids is 1. The maximum absolute atomic E-state index is 13.4. The summed E-state index contributed by atoms with van der Waals surface area (Å²) in [7, 11) is 1.64. The fourth-order valence-corrected chi connectivity index (χ4v) is 3.05. The summed E-state index contributed by atoms with van der Waals surface area (Å²) in [6.45, 7) is 2.08. The molecule has 0 radical (unpaired) electrons. The zero-order chi connectivity index (χ0) is 15.6. The molecule has 21 heavy (non-hydrogen) atoms. The van der Waals surface area contributed by atoms with Crippen LogP contribution in [0.2, 0.25) is 0 Å². The van der Waals surface area contributed by atoms with E-state index in [1.165, 1.54) is 4.90 Å². The van der Waals surface area contributed by atoms with Crippen LogP contribution in [0.5, 0.6) is 0 Å². The fourth-order valence-electron chi connectivity index (χ4n) is 3.05. The van der Waals surface area contributed by atoms with Gasteiger partial charge in [-0.3, -0.25) is 14.9 Å². The van der Waals surface area contributed by atoms with Crippen LogP contribution in [0.3, 0.4) is 0 Å². The molecule has 1 fully saturated rings. The lowest BCUT2D eigenvalue weighted by atomic mass is 9.85. The van der Waals surface area contributed by atoms with Gasteiger partial charge in [-0.25, -0.2) is 4.39 Å². The molecule has 1 aromatic rings. The third-order valence-electron chi connectivity index (χ3n) is 4.27. The number of carbonyl (C=O) groups is 1. The highest BCUT2D eigenvalue weighted by molar-refractivity contribution is 5.98. The zero-order valence-electron chi connectivity index (χ0n) is 12.2. The van der Waals surface area contributed by atoms with Crippen molar-refractivity contribution in [2.24, 2.45) is 5.92 Å². The van der Waals surface area contributed by atoms with E-state index in [4.69, 9.17) is 0 Å². The summed E-state index contributed by atoms with van der Waals surface area (Å²) in [6.07, 6.45) is 4.09. The highest BCUT2D eigenvalue weighted by atomic mass is 19.1. The highest BCUT2D eigenvalue weighted by Gasteiger charge is 2.31. The summed E-state index contributed by atoms with van der Waals surface area (Å²) in [4.78, 5) is 24.4. The summed E-state index contributed by atoms with van der Waals surface area (Å²) in [5.41, 5.74) is -0.531. The predicted molar refractivity (Wildman–Crippen MR) is 76.6 cm³/mol. The third kappa shape index (κ3) is 3.20. The molecule has 2 unspecified atom stereocenters. The van der Waals surface area contributed by atoms with Crippen molar-refractivity contribution in [3.05, 3.63) is 39.7 Å². The van der Waals surface area contributed by atoms with Gasteiger partial charge in [-0.1, -0.05) is 19.8 Å². The standard InChI is InChI=1S/C15H19FN2O3/c1-10-5-3-4-6-13(10)17(2)15(19)12-9-11(16)7-8-14(12)18(20)21/h7-10,13H,3-6H2,1-2H3. The summed E-state index contributed by atoms with van der Waals surface area (Å²) in [5, 5.41) is 11.0. The molecule has 1 amide bonds. The normalized spacial score (nSPS) is 21.9. The first-order chi connectivity index (χ1) is 9.91. The molecule has 0 aliphatic heterocycles. The quantitative estimate of drug-likeness (QED) is 0.634. The Hall–Kier alpha value is -1.98. The molecule has 5 nitrogen and oxygen atoms in total. The minimum Gasteiger partial charge on any atom is -0.338 e. The van der Waals surface area contributed by atoms with Gasteiger partial charge < -0.3 is 4.90 Å². The van der Waals surface area contributed by atoms with Crippen molar-refractivity contribution in [3.63, 3.8) is 0 Å². The first kappa shape index (κ1) is 15.4. The van der Waals surface area contributed by atoms with Crippen molar-refractivity contribution in [2.75, 3.05) is 7.05 Å². The minimum absolute atomic E-state index is 0.0501. The first-order valence-electron chi connectivity index (χ1n) is 7.13. The number of hydrogen-bond donors (Lipinski definition) is 0. The number of benzene rings is 1. The van der Waals surface area contributed by atoms with Gasteiger partial charge in [0.1, 0.15) is 11.4 Å². The van der Waals surface area contributed by atoms with E-state index in [9.17, 15) is 19.3 Å². The zero-order valence-corrected chi connectivity index (χ0v) is 12.2. The van der Waals surface area contributed by atoms with Gasteiger partial charge in [0, 0.05) is 19.2 Å². The van der Waals surface area contributed by atoms with Crippen molar-refractivity contribution >= 4 is 11.6 Å². The van der Waals surface area contributed by atoms with E-state index in [2.05, 4.69) is 6.92 Å². The molecule has 114 valence electrons. The van der Waals surface area contributed by atoms with Crippen LogP contribution in [0.15, 0.2) is 18.2 Å². The molecule has 1 aromatic carbocycles. The Morgan fingerprint density at radius 2 is 2.05 bits per heavy atom. The maximum Gasteiger partial charge on any atom is 0.282 e. The van der Waals surface area contributed by atoms with Crippen LogP contribution in [-0.4, -0.2) is 28.8 Å². The number of rotatable bonds is 3. The van der Waals surface area contributed by atoms with E-state index in [1.54, 1.807) is 7.05 Å². The molecule has 1 saturated carbocycles. The SMILES string of the molecule is CC1CCCCC1N(C)C(=O)c1cc(F)ccc1[N+](=O)[O-]. The molecular formula is C15H19FN2O3. The highest BCUT2D eigenvalue weighted by Crippen LogP contribution is 2.29. The number of amides is 1. The van der Waals surface area contributed by atoms with Gasteiger partial charge in [-0.15, -0.1) is 0 Å². The molecular weight excluding hydrogens is 275 g/mol. The molecule has 1 aliphatic rings. The third-order valence-corrected chi connectivity index (χ3v) is 4.27. The van der Waals surface area contributed by atoms with E-state index in [0.29, 0.717) is 5.92 Å². The van der Waals surface area contributed by atoms with Gasteiger partial charge in [-0.05, 0) is 30.9 Å². The van der Waals surface area contributed by atoms with Crippen molar-refractivity contribution in [1.82, 2.24) is 4.90 Å². The Kier molecular flexibility index (Phi) is 4.55. The fraction of sp³-hybridized carbons (Fsp3) is 0.533. The molecule has 1 aliphatic carbocycles. The van der Waals surface area contributed by atoms with Crippen molar-refractivity contribution in [3.8, 4) is 0 Å². The van der Waals surface area contributed by atoms with Crippen LogP contribution in [-0.2, 0) is 0 Å². The molecule has 0 saturated heterocycles. The Bertz CT molecular complexity index is 562. The van der Waals surface area contributed by atoms with Crippen molar-refractivity contribution in [1.29, 1.82) is 0 Å². The average Bonchev–Trinajstić information content (AvgIpc) is 2.45. The van der Waals surface area contributed by atoms with Gasteiger partial charge in [0.25, 0.3) is 11.6 Å². The minimum atomic E-state index is -0.648. The molecule has 0 spiro atoms. The van der Waals surface area contributed by atoms with Crippen LogP contribution in [0.1, 0.15) is 43.0 Å². The van der Waals surface area contributed by atoms with E-state index in [-0.39, 0.29) is 17.3 Å². The second kappa shape index (κ2) is 6.20. The lowest BCUT2D eigenvalue weighted by Gasteiger charge is -2.36. The number of nitrogens with zero attached hydrogens (tertiary/aromatic N) is 2. The molecule has 2 rings (SSSR count). The molecule has 2 atom stereocenters. The number of nitro benzene ring substituents is 1. The summed E-state index contributed by atoms with van der Waals surface area (Å²) >= 11 is 0. The lowest BCUT2D eigenvalue weighted by molar-refractivity contribution is -0.385. The van der Waals surface area contributed by atoms with Crippen LogP contribution in [0.4, 0.5) is 10.1 Å². The van der Waals surface area contributed by atoms with E-state index < -0.39 is 16.6 Å². The van der Waals surface area contributed by atoms with Gasteiger partial charge in [0.2, 0.25) is 0 Å². The maximum atomic E-state index is 13.4. The van der Waals surface area contributed by atoms with E-state index in [0.717, 1.165) is 43.9 Å². The van der Waals surface area contributed by atoms with E-state index in [1.807, 2.05) is 0 Å². The number of hydrogen-bond acceptors (Lipinski definition) is 3. The Morgan fingerprint density at radius 1 is 1.38 bits per heavy atom. The summed E-state index contributed by atoms with van der Waals surface area (Å²) in [6, 6.07) is 3.04. The second-order valence-corrected chi connectivity index (χ2v) is 5.66. The average molecular weight is 294 g/mol. The Balaban J connectivity index is 2.30. The Labute approximate surface area is 122 Å². The van der Waals surface area contributed by atoms with Crippen LogP contribution in [0, 0.1) is 21.8 Å². The predicted octanol–water partition coefficient (Wildman–Crippen LogP) is 3.38. The van der Waals surface area contributed by atoms with Crippen molar-refractivity contribution < 1.29 is 14.1 Å². The van der Waals surface area contributed by atoms with E-state index >= 15 is 0 Å². The smallest absolute Gasteiger partial charge is 0.282 e. The van der Waals surface area contributed by atoms with Gasteiger partial charge in [0.05, 0.1) is 4.92 Å². The topological polar surface area (TPSA) is 63.5 Å². The Morgan fingerprint density at radius 3 is 2.67 bits per heavy atom. The molecule has 0 bridgehead atoms. The van der Waals surface area contributed by atoms with Gasteiger partial charge in [0.15, 0.2) is 0 Å². The molecule has 0 N–H and O–H groups in total. The van der Waals surface area contributed by atoms with Gasteiger partial charge >= 0.3 is 0 Å². The molecule has 0 heterocycles. The first-order valence-corrected chi connectivity index (χ1v) is 7.13. The monoisotopic (exact) mass is 294 g/mol. The van der Waals surface area contributed by atoms with Crippen LogP contribution in [0.25, 0.3) is 0 Å². The summed E-state index contributed by atoms with van der Waals surface area (Å²) < 4.78 is 13.4. The lowest BCUT2D eigenvalue weighted by Crippen LogP contribution is -2.42. The second-order valence-electron chi connectivity index (χ2n) is 5.66. The molecule has 0 aromatic heterocycles. The van der Waals surface area contributed by atoms with Crippen molar-refractivity contribution in [2.45, 2.75) is 38.6 Å². The number of halogens is 1.